The lowest BCUT2D eigenvalue weighted by atomic mass is 10.1. The first kappa shape index (κ1) is 14.4. The zero-order chi connectivity index (χ0) is 13.7. The first-order valence-corrected chi connectivity index (χ1v) is 5.83. The van der Waals surface area contributed by atoms with Gasteiger partial charge in [-0.1, -0.05) is 13.8 Å². The molecule has 1 rings (SSSR count). The molecule has 0 aliphatic carbocycles. The molecule has 0 spiro atoms. The van der Waals surface area contributed by atoms with Gasteiger partial charge in [-0.25, -0.2) is 13.6 Å². The molecular weight excluding hydrogens is 240 g/mol. The lowest BCUT2D eigenvalue weighted by Gasteiger charge is -2.08. The molecule has 0 fully saturated rings. The molecule has 0 saturated heterocycles. The second-order valence-corrected chi connectivity index (χ2v) is 4.53. The summed E-state index contributed by atoms with van der Waals surface area (Å²) in [4.78, 5) is 11.6. The minimum Gasteiger partial charge on any atom is -0.462 e. The van der Waals surface area contributed by atoms with E-state index >= 15 is 0 Å². The fourth-order valence-electron chi connectivity index (χ4n) is 1.47. The molecule has 5 heteroatoms. The predicted molar refractivity (Wildman–Crippen MR) is 65.1 cm³/mol. The fourth-order valence-corrected chi connectivity index (χ4v) is 1.47. The minimum absolute atomic E-state index is 0.122. The van der Waals surface area contributed by atoms with Crippen molar-refractivity contribution in [3.8, 4) is 0 Å². The number of nitrogen functional groups attached to an aromatic ring is 1. The predicted octanol–water partition coefficient (Wildman–Crippen LogP) is 3.14. The molecule has 0 aliphatic heterocycles. The lowest BCUT2D eigenvalue weighted by molar-refractivity contribution is 0.0495. The summed E-state index contributed by atoms with van der Waals surface area (Å²) in [6.07, 6.45) is 1.66. The Kier molecular flexibility index (Phi) is 5.07. The zero-order valence-corrected chi connectivity index (χ0v) is 10.5. The number of benzene rings is 1. The Morgan fingerprint density at radius 1 is 1.33 bits per heavy atom. The summed E-state index contributed by atoms with van der Waals surface area (Å²) in [5.74, 6) is -2.39. The highest BCUT2D eigenvalue weighted by Crippen LogP contribution is 2.18. The van der Waals surface area contributed by atoms with Crippen LogP contribution in [0, 0.1) is 17.6 Å². The van der Waals surface area contributed by atoms with Crippen LogP contribution in [0.1, 0.15) is 37.0 Å². The fraction of sp³-hybridized carbons (Fsp3) is 0.462. The molecule has 0 saturated carbocycles. The molecule has 0 aliphatic rings. The van der Waals surface area contributed by atoms with Gasteiger partial charge < -0.3 is 10.5 Å². The van der Waals surface area contributed by atoms with Gasteiger partial charge >= 0.3 is 5.97 Å². The standard InChI is InChI=1S/C13H17F2NO2/c1-8(2)4-3-5-18-13(17)9-6-10(14)11(15)7-12(9)16/h6-8H,3-5,16H2,1-2H3. The van der Waals surface area contributed by atoms with E-state index in [1.54, 1.807) is 0 Å². The molecule has 0 heterocycles. The van der Waals surface area contributed by atoms with E-state index in [0.717, 1.165) is 25.0 Å². The van der Waals surface area contributed by atoms with Gasteiger partial charge in [-0.15, -0.1) is 0 Å². The van der Waals surface area contributed by atoms with Crippen LogP contribution in [-0.2, 0) is 4.74 Å². The summed E-state index contributed by atoms with van der Waals surface area (Å²) >= 11 is 0. The Morgan fingerprint density at radius 3 is 2.56 bits per heavy atom. The SMILES string of the molecule is CC(C)CCCOC(=O)c1cc(F)c(F)cc1N. The van der Waals surface area contributed by atoms with Crippen molar-refractivity contribution in [1.82, 2.24) is 0 Å². The van der Waals surface area contributed by atoms with Crippen LogP contribution < -0.4 is 5.73 Å². The third-order valence-corrected chi connectivity index (χ3v) is 2.47. The number of carbonyl (C=O) groups is 1. The van der Waals surface area contributed by atoms with Gasteiger partial charge in [0.1, 0.15) is 0 Å². The molecule has 0 atom stereocenters. The van der Waals surface area contributed by atoms with Crippen molar-refractivity contribution in [3.05, 3.63) is 29.3 Å². The summed E-state index contributed by atoms with van der Waals surface area (Å²) in [5, 5.41) is 0. The summed E-state index contributed by atoms with van der Waals surface area (Å²) in [6, 6.07) is 1.54. The van der Waals surface area contributed by atoms with Gasteiger partial charge in [-0.05, 0) is 24.8 Å². The highest BCUT2D eigenvalue weighted by molar-refractivity contribution is 5.95. The summed E-state index contributed by atoms with van der Waals surface area (Å²) in [7, 11) is 0. The number of halogens is 2. The average Bonchev–Trinajstić information content (AvgIpc) is 2.28. The Morgan fingerprint density at radius 2 is 1.94 bits per heavy atom. The van der Waals surface area contributed by atoms with Crippen LogP contribution in [0.2, 0.25) is 0 Å². The van der Waals surface area contributed by atoms with Gasteiger partial charge in [0.25, 0.3) is 0 Å². The smallest absolute Gasteiger partial charge is 0.340 e. The maximum Gasteiger partial charge on any atom is 0.340 e. The zero-order valence-electron chi connectivity index (χ0n) is 10.5. The van der Waals surface area contributed by atoms with E-state index in [9.17, 15) is 13.6 Å². The van der Waals surface area contributed by atoms with E-state index in [-0.39, 0.29) is 17.9 Å². The monoisotopic (exact) mass is 257 g/mol. The molecule has 2 N–H and O–H groups in total. The summed E-state index contributed by atoms with van der Waals surface area (Å²) < 4.78 is 30.7. The van der Waals surface area contributed by atoms with E-state index in [0.29, 0.717) is 5.92 Å². The van der Waals surface area contributed by atoms with E-state index in [1.165, 1.54) is 0 Å². The van der Waals surface area contributed by atoms with Gasteiger partial charge in [-0.3, -0.25) is 0 Å². The van der Waals surface area contributed by atoms with Crippen LogP contribution >= 0.6 is 0 Å². The highest BCUT2D eigenvalue weighted by Gasteiger charge is 2.15. The van der Waals surface area contributed by atoms with Crippen molar-refractivity contribution in [2.24, 2.45) is 5.92 Å². The third kappa shape index (κ3) is 3.98. The van der Waals surface area contributed by atoms with Gasteiger partial charge in [0, 0.05) is 11.8 Å². The van der Waals surface area contributed by atoms with Crippen LogP contribution in [0.25, 0.3) is 0 Å². The lowest BCUT2D eigenvalue weighted by Crippen LogP contribution is -2.10. The van der Waals surface area contributed by atoms with Gasteiger partial charge in [0.05, 0.1) is 12.2 Å². The Hall–Kier alpha value is -1.65. The van der Waals surface area contributed by atoms with Crippen molar-refractivity contribution in [1.29, 1.82) is 0 Å². The first-order valence-electron chi connectivity index (χ1n) is 5.83. The van der Waals surface area contributed by atoms with Crippen molar-refractivity contribution in [2.75, 3.05) is 12.3 Å². The van der Waals surface area contributed by atoms with Gasteiger partial charge in [-0.2, -0.15) is 0 Å². The number of nitrogens with two attached hydrogens (primary N) is 1. The second-order valence-electron chi connectivity index (χ2n) is 4.53. The van der Waals surface area contributed by atoms with Crippen molar-refractivity contribution >= 4 is 11.7 Å². The highest BCUT2D eigenvalue weighted by atomic mass is 19.2. The van der Waals surface area contributed by atoms with Crippen LogP contribution in [0.5, 0.6) is 0 Å². The number of hydrogen-bond acceptors (Lipinski definition) is 3. The number of esters is 1. The molecule has 1 aromatic carbocycles. The molecule has 3 nitrogen and oxygen atoms in total. The number of carbonyl (C=O) groups excluding carboxylic acids is 1. The van der Waals surface area contributed by atoms with Gasteiger partial charge in [0.15, 0.2) is 11.6 Å². The van der Waals surface area contributed by atoms with Crippen LogP contribution in [0.4, 0.5) is 14.5 Å². The number of rotatable bonds is 5. The molecule has 0 bridgehead atoms. The number of hydrogen-bond donors (Lipinski definition) is 1. The van der Waals surface area contributed by atoms with Crippen molar-refractivity contribution in [3.63, 3.8) is 0 Å². The Balaban J connectivity index is 2.59. The largest absolute Gasteiger partial charge is 0.462 e. The molecule has 0 unspecified atom stereocenters. The maximum absolute atomic E-state index is 13.0. The molecule has 100 valence electrons. The summed E-state index contributed by atoms with van der Waals surface area (Å²) in [6.45, 7) is 4.37. The Labute approximate surface area is 105 Å². The average molecular weight is 257 g/mol. The molecule has 0 aromatic heterocycles. The molecule has 0 radical (unpaired) electrons. The second kappa shape index (κ2) is 6.33. The van der Waals surface area contributed by atoms with E-state index in [4.69, 9.17) is 10.5 Å². The van der Waals surface area contributed by atoms with E-state index < -0.39 is 17.6 Å². The maximum atomic E-state index is 13.0. The van der Waals surface area contributed by atoms with Crippen LogP contribution in [0.3, 0.4) is 0 Å². The van der Waals surface area contributed by atoms with Crippen molar-refractivity contribution < 1.29 is 18.3 Å². The molecule has 0 amide bonds. The van der Waals surface area contributed by atoms with Crippen molar-refractivity contribution in [2.45, 2.75) is 26.7 Å². The molecule has 1 aromatic rings. The van der Waals surface area contributed by atoms with Crippen LogP contribution in [0.15, 0.2) is 12.1 Å². The summed E-state index contributed by atoms with van der Waals surface area (Å²) in [5.41, 5.74) is 5.17. The quantitative estimate of drug-likeness (QED) is 0.501. The molecular formula is C13H17F2NO2. The van der Waals surface area contributed by atoms with E-state index in [1.807, 2.05) is 0 Å². The first-order chi connectivity index (χ1) is 8.41. The van der Waals surface area contributed by atoms with E-state index in [2.05, 4.69) is 13.8 Å². The minimum atomic E-state index is -1.11. The molecule has 18 heavy (non-hydrogen) atoms. The number of ether oxygens (including phenoxy) is 1. The topological polar surface area (TPSA) is 52.3 Å². The Bertz CT molecular complexity index is 433. The van der Waals surface area contributed by atoms with Gasteiger partial charge in [0.2, 0.25) is 0 Å². The number of anilines is 1. The normalized spacial score (nSPS) is 10.7. The third-order valence-electron chi connectivity index (χ3n) is 2.47. The van der Waals surface area contributed by atoms with Crippen LogP contribution in [-0.4, -0.2) is 12.6 Å².